The molecule has 2 aliphatic carbocycles. The van der Waals surface area contributed by atoms with Gasteiger partial charge in [0.15, 0.2) is 5.54 Å². The molecular formula is C25H30N8. The van der Waals surface area contributed by atoms with Crippen molar-refractivity contribution in [3.63, 3.8) is 0 Å². The minimum absolute atomic E-state index is 0.00993. The third-order valence-electron chi connectivity index (χ3n) is 6.87. The summed E-state index contributed by atoms with van der Waals surface area (Å²) in [4.78, 5) is 11.4. The number of nitrogens with one attached hydrogen (secondary N) is 1. The second kappa shape index (κ2) is 9.18. The summed E-state index contributed by atoms with van der Waals surface area (Å²) in [5, 5.41) is 22.0. The molecule has 0 bridgehead atoms. The molecule has 0 radical (unpaired) electrons. The number of hydrogen-bond acceptors (Lipinski definition) is 7. The quantitative estimate of drug-likeness (QED) is 0.550. The molecule has 3 aromatic rings. The summed E-state index contributed by atoms with van der Waals surface area (Å²) < 4.78 is 1.76. The Kier molecular flexibility index (Phi) is 5.95. The van der Waals surface area contributed by atoms with Crippen molar-refractivity contribution in [2.24, 2.45) is 5.92 Å². The van der Waals surface area contributed by atoms with E-state index in [1.54, 1.807) is 10.9 Å². The molecule has 8 nitrogen and oxygen atoms in total. The number of rotatable bonds is 8. The lowest BCUT2D eigenvalue weighted by molar-refractivity contribution is 0.317. The molecule has 1 aromatic carbocycles. The maximum absolute atomic E-state index is 9.55. The van der Waals surface area contributed by atoms with Gasteiger partial charge >= 0.3 is 0 Å². The largest absolute Gasteiger partial charge is 0.361 e. The van der Waals surface area contributed by atoms with Gasteiger partial charge in [-0.2, -0.15) is 10.2 Å². The summed E-state index contributed by atoms with van der Waals surface area (Å²) in [7, 11) is 2.01. The van der Waals surface area contributed by atoms with Gasteiger partial charge in [-0.25, -0.2) is 9.67 Å². The molecule has 1 N–H and O–H groups in total. The van der Waals surface area contributed by atoms with Crippen molar-refractivity contribution in [2.75, 3.05) is 17.3 Å². The minimum Gasteiger partial charge on any atom is -0.361 e. The van der Waals surface area contributed by atoms with Crippen molar-refractivity contribution < 1.29 is 0 Å². The number of benzene rings is 1. The molecular weight excluding hydrogens is 412 g/mol. The van der Waals surface area contributed by atoms with Crippen LogP contribution in [0.15, 0.2) is 48.8 Å². The molecule has 33 heavy (non-hydrogen) atoms. The molecule has 0 spiro atoms. The van der Waals surface area contributed by atoms with Gasteiger partial charge in [0.05, 0.1) is 18.3 Å². The Labute approximate surface area is 194 Å². The van der Waals surface area contributed by atoms with E-state index in [-0.39, 0.29) is 6.04 Å². The zero-order chi connectivity index (χ0) is 22.7. The van der Waals surface area contributed by atoms with E-state index in [0.717, 1.165) is 43.7 Å². The summed E-state index contributed by atoms with van der Waals surface area (Å²) in [6.07, 6.45) is 11.5. The topological polar surface area (TPSA) is 95.6 Å². The van der Waals surface area contributed by atoms with Crippen LogP contribution < -0.4 is 10.2 Å². The maximum Gasteiger partial charge on any atom is 0.227 e. The highest BCUT2D eigenvalue weighted by Gasteiger charge is 2.47. The van der Waals surface area contributed by atoms with Crippen molar-refractivity contribution in [3.05, 3.63) is 60.0 Å². The lowest BCUT2D eigenvalue weighted by Gasteiger charge is -2.30. The highest BCUT2D eigenvalue weighted by molar-refractivity contribution is 5.43. The van der Waals surface area contributed by atoms with E-state index in [1.165, 1.54) is 24.8 Å². The average Bonchev–Trinajstić information content (AvgIpc) is 3.52. The van der Waals surface area contributed by atoms with E-state index in [1.807, 2.05) is 37.5 Å². The number of aromatic nitrogens is 5. The van der Waals surface area contributed by atoms with E-state index in [9.17, 15) is 5.26 Å². The van der Waals surface area contributed by atoms with E-state index < -0.39 is 5.54 Å². The summed E-state index contributed by atoms with van der Waals surface area (Å²) >= 11 is 0. The molecule has 2 aliphatic rings. The van der Waals surface area contributed by atoms with Crippen LogP contribution in [0.5, 0.6) is 0 Å². The summed E-state index contributed by atoms with van der Waals surface area (Å²) in [6.45, 7) is 0.737. The molecule has 0 saturated heterocycles. The molecule has 2 saturated carbocycles. The lowest BCUT2D eigenvalue weighted by Crippen LogP contribution is -2.25. The first kappa shape index (κ1) is 21.4. The van der Waals surface area contributed by atoms with Gasteiger partial charge in [0.2, 0.25) is 5.95 Å². The summed E-state index contributed by atoms with van der Waals surface area (Å²) in [5.74, 6) is 1.92. The van der Waals surface area contributed by atoms with Crippen molar-refractivity contribution in [1.82, 2.24) is 25.0 Å². The van der Waals surface area contributed by atoms with E-state index >= 15 is 0 Å². The van der Waals surface area contributed by atoms with Crippen LogP contribution in [0.2, 0.25) is 0 Å². The monoisotopic (exact) mass is 442 g/mol. The predicted molar refractivity (Wildman–Crippen MR) is 126 cm³/mol. The number of anilines is 2. The van der Waals surface area contributed by atoms with Gasteiger partial charge in [-0.05, 0) is 43.2 Å². The van der Waals surface area contributed by atoms with Crippen LogP contribution in [0.3, 0.4) is 0 Å². The molecule has 2 aromatic heterocycles. The summed E-state index contributed by atoms with van der Waals surface area (Å²) in [6, 6.07) is 14.6. The minimum atomic E-state index is -0.495. The van der Waals surface area contributed by atoms with Gasteiger partial charge in [-0.1, -0.05) is 54.8 Å². The van der Waals surface area contributed by atoms with Crippen LogP contribution in [0.4, 0.5) is 11.8 Å². The second-order valence-electron chi connectivity index (χ2n) is 9.34. The van der Waals surface area contributed by atoms with Gasteiger partial charge in [0.25, 0.3) is 0 Å². The first-order valence-electron chi connectivity index (χ1n) is 11.9. The van der Waals surface area contributed by atoms with Crippen LogP contribution in [0.25, 0.3) is 0 Å². The van der Waals surface area contributed by atoms with Gasteiger partial charge in [0, 0.05) is 19.8 Å². The number of nitriles is 1. The number of hydrogen-bond donors (Lipinski definition) is 1. The Morgan fingerprint density at radius 3 is 2.70 bits per heavy atom. The molecule has 2 fully saturated rings. The first-order chi connectivity index (χ1) is 16.2. The standard InChI is InChI=1S/C25H30N8/c1-32(16-19-8-4-2-5-9-19)24-27-15-12-22(29-24)28-23(20-10-6-3-7-11-20)21-17-33(31-30-21)25(18-26)13-14-25/h2,4-5,8-9,12,15,17,20,23H,3,6-7,10-11,13-14,16H2,1H3,(H,27,28,29). The van der Waals surface area contributed by atoms with E-state index in [0.29, 0.717) is 11.9 Å². The van der Waals surface area contributed by atoms with Gasteiger partial charge < -0.3 is 10.2 Å². The van der Waals surface area contributed by atoms with Gasteiger partial charge in [0.1, 0.15) is 11.5 Å². The molecule has 170 valence electrons. The fourth-order valence-corrected chi connectivity index (χ4v) is 4.74. The van der Waals surface area contributed by atoms with Crippen molar-refractivity contribution in [2.45, 2.75) is 63.1 Å². The molecule has 2 heterocycles. The molecule has 8 heteroatoms. The SMILES string of the molecule is CN(Cc1ccccc1)c1nccc(NC(c2cn(C3(C#N)CC3)nn2)C2CCCCC2)n1. The van der Waals surface area contributed by atoms with E-state index in [4.69, 9.17) is 4.98 Å². The number of nitrogens with zero attached hydrogens (tertiary/aromatic N) is 7. The van der Waals surface area contributed by atoms with Crippen molar-refractivity contribution in [3.8, 4) is 6.07 Å². The molecule has 0 aliphatic heterocycles. The van der Waals surface area contributed by atoms with Crippen LogP contribution >= 0.6 is 0 Å². The average molecular weight is 443 g/mol. The Balaban J connectivity index is 1.37. The Morgan fingerprint density at radius 2 is 1.97 bits per heavy atom. The highest BCUT2D eigenvalue weighted by atomic mass is 15.5. The zero-order valence-electron chi connectivity index (χ0n) is 19.1. The van der Waals surface area contributed by atoms with E-state index in [2.05, 4.69) is 43.7 Å². The van der Waals surface area contributed by atoms with Crippen LogP contribution in [-0.4, -0.2) is 32.0 Å². The molecule has 1 atom stereocenters. The highest BCUT2D eigenvalue weighted by Crippen LogP contribution is 2.43. The third kappa shape index (κ3) is 4.68. The first-order valence-corrected chi connectivity index (χ1v) is 11.9. The van der Waals surface area contributed by atoms with Crippen LogP contribution in [-0.2, 0) is 12.1 Å². The van der Waals surface area contributed by atoms with Crippen molar-refractivity contribution in [1.29, 1.82) is 5.26 Å². The van der Waals surface area contributed by atoms with Gasteiger partial charge in [-0.3, -0.25) is 0 Å². The van der Waals surface area contributed by atoms with Crippen molar-refractivity contribution >= 4 is 11.8 Å². The fraction of sp³-hybridized carbons (Fsp3) is 0.480. The Hall–Kier alpha value is -3.47. The van der Waals surface area contributed by atoms with Crippen LogP contribution in [0, 0.1) is 17.2 Å². The van der Waals surface area contributed by atoms with Gasteiger partial charge in [-0.15, -0.1) is 5.10 Å². The summed E-state index contributed by atoms with van der Waals surface area (Å²) in [5.41, 5.74) is 1.61. The second-order valence-corrected chi connectivity index (χ2v) is 9.34. The zero-order valence-corrected chi connectivity index (χ0v) is 19.1. The fourth-order valence-electron chi connectivity index (χ4n) is 4.74. The van der Waals surface area contributed by atoms with Crippen LogP contribution in [0.1, 0.15) is 62.2 Å². The third-order valence-corrected chi connectivity index (χ3v) is 6.87. The normalized spacial score (nSPS) is 18.3. The molecule has 5 rings (SSSR count). The molecule has 1 unspecified atom stereocenters. The smallest absolute Gasteiger partial charge is 0.227 e. The Morgan fingerprint density at radius 1 is 1.18 bits per heavy atom. The Bertz CT molecular complexity index is 1110. The molecule has 0 amide bonds. The maximum atomic E-state index is 9.55. The predicted octanol–water partition coefficient (Wildman–Crippen LogP) is 4.45. The lowest BCUT2D eigenvalue weighted by atomic mass is 9.83.